The van der Waals surface area contributed by atoms with Crippen molar-refractivity contribution in [3.8, 4) is 0 Å². The number of rotatable bonds is 1. The Morgan fingerprint density at radius 3 is 1.23 bits per heavy atom. The third kappa shape index (κ3) is 62.4. The van der Waals surface area contributed by atoms with Crippen molar-refractivity contribution in [1.29, 1.82) is 0 Å². The molecule has 0 saturated heterocycles. The monoisotopic (exact) mass is 260 g/mol. The normalized spacial score (nSPS) is 11.1. The van der Waals surface area contributed by atoms with Crippen molar-refractivity contribution in [3.63, 3.8) is 0 Å². The van der Waals surface area contributed by atoms with Crippen LogP contribution in [-0.2, 0) is 32.7 Å². The van der Waals surface area contributed by atoms with Crippen LogP contribution in [0.25, 0.3) is 5.73 Å². The molecule has 2 heteroatoms. The summed E-state index contributed by atoms with van der Waals surface area (Å²) in [6, 6.07) is 0. The molecule has 1 nitrogen and oxygen atoms in total. The van der Waals surface area contributed by atoms with Gasteiger partial charge >= 0.3 is 0 Å². The summed E-state index contributed by atoms with van der Waals surface area (Å²) >= 11 is 0. The Labute approximate surface area is 110 Å². The van der Waals surface area contributed by atoms with Crippen LogP contribution >= 0.6 is 0 Å². The van der Waals surface area contributed by atoms with E-state index in [9.17, 15) is 0 Å². The first-order valence-electron chi connectivity index (χ1n) is 4.60. The van der Waals surface area contributed by atoms with E-state index in [0.717, 1.165) is 6.42 Å². The summed E-state index contributed by atoms with van der Waals surface area (Å²) < 4.78 is 0. The van der Waals surface area contributed by atoms with Gasteiger partial charge in [0.2, 0.25) is 0 Å². The van der Waals surface area contributed by atoms with E-state index in [-0.39, 0.29) is 38.2 Å². The van der Waals surface area contributed by atoms with Gasteiger partial charge in [0.05, 0.1) is 0 Å². The van der Waals surface area contributed by atoms with Crippen molar-refractivity contribution >= 4 is 0 Å². The molecule has 0 bridgehead atoms. The van der Waals surface area contributed by atoms with E-state index in [0.29, 0.717) is 5.41 Å². The summed E-state index contributed by atoms with van der Waals surface area (Å²) in [4.78, 5) is 0. The van der Waals surface area contributed by atoms with Gasteiger partial charge in [0.15, 0.2) is 0 Å². The largest absolute Gasteiger partial charge is 0.673 e. The van der Waals surface area contributed by atoms with Gasteiger partial charge in [0.1, 0.15) is 0 Å². The molecular formula is C11H25NY-2. The predicted octanol–water partition coefficient (Wildman–Crippen LogP) is 4.48. The molecule has 0 rings (SSSR count). The maximum absolute atomic E-state index is 6.94. The molecule has 0 aromatic heterocycles. The molecule has 0 aliphatic carbocycles. The van der Waals surface area contributed by atoms with Crippen LogP contribution in [0.5, 0.6) is 0 Å². The zero-order chi connectivity index (χ0) is 10.4. The van der Waals surface area contributed by atoms with Gasteiger partial charge in [-0.15, -0.1) is 5.54 Å². The van der Waals surface area contributed by atoms with E-state index in [2.05, 4.69) is 27.7 Å². The van der Waals surface area contributed by atoms with Crippen LogP contribution in [0.4, 0.5) is 0 Å². The number of hydrogen-bond donors (Lipinski definition) is 0. The molecule has 0 fully saturated rings. The van der Waals surface area contributed by atoms with Crippen molar-refractivity contribution in [2.45, 2.75) is 59.9 Å². The fraction of sp³-hybridized carbons (Fsp3) is 0.909. The molecule has 79 valence electrons. The van der Waals surface area contributed by atoms with Crippen molar-refractivity contribution in [2.75, 3.05) is 0 Å². The van der Waals surface area contributed by atoms with Crippen LogP contribution in [0, 0.1) is 12.3 Å². The summed E-state index contributed by atoms with van der Waals surface area (Å²) in [6.07, 6.45) is 2.29. The third-order valence-corrected chi connectivity index (χ3v) is 0.927. The second-order valence-corrected chi connectivity index (χ2v) is 5.41. The van der Waals surface area contributed by atoms with Crippen molar-refractivity contribution in [2.24, 2.45) is 5.41 Å². The Kier molecular flexibility index (Phi) is 12.6. The van der Waals surface area contributed by atoms with Crippen LogP contribution in [0.2, 0.25) is 0 Å². The fourth-order valence-corrected chi connectivity index (χ4v) is 0.530. The van der Waals surface area contributed by atoms with Crippen molar-refractivity contribution in [1.82, 2.24) is 0 Å². The first-order valence-corrected chi connectivity index (χ1v) is 4.60. The molecule has 1 N–H and O–H groups in total. The Morgan fingerprint density at radius 2 is 1.23 bits per heavy atom. The Bertz CT molecular complexity index is 91.6. The Hall–Kier alpha value is 1.06. The van der Waals surface area contributed by atoms with Gasteiger partial charge in [0, 0.05) is 32.7 Å². The third-order valence-electron chi connectivity index (χ3n) is 0.927. The second-order valence-electron chi connectivity index (χ2n) is 5.41. The van der Waals surface area contributed by atoms with Crippen LogP contribution in [-0.4, -0.2) is 5.54 Å². The quantitative estimate of drug-likeness (QED) is 0.621. The minimum atomic E-state index is -0.250. The van der Waals surface area contributed by atoms with Gasteiger partial charge in [-0.3, -0.25) is 0 Å². The number of nitrogens with one attached hydrogen (secondary N) is 1. The van der Waals surface area contributed by atoms with Crippen LogP contribution in [0.1, 0.15) is 54.4 Å². The number of hydrogen-bond acceptors (Lipinski definition) is 0. The average Bonchev–Trinajstić information content (AvgIpc) is 1.54. The zero-order valence-corrected chi connectivity index (χ0v) is 13.0. The van der Waals surface area contributed by atoms with E-state index in [1.165, 1.54) is 6.42 Å². The first-order chi connectivity index (χ1) is 5.06. The Balaban J connectivity index is -0.000000150. The molecule has 0 aliphatic heterocycles. The zero-order valence-electron chi connectivity index (χ0n) is 10.2. The molecule has 0 atom stereocenters. The molecule has 13 heavy (non-hydrogen) atoms. The van der Waals surface area contributed by atoms with Gasteiger partial charge in [0.25, 0.3) is 0 Å². The molecule has 0 saturated carbocycles. The molecule has 0 aliphatic rings. The SMILES string of the molecule is CC(C)(C)[NH-].[CH2-]CCC(C)(C)C.[Y]. The minimum absolute atomic E-state index is 0. The molecular weight excluding hydrogens is 235 g/mol. The van der Waals surface area contributed by atoms with Crippen molar-refractivity contribution < 1.29 is 32.7 Å². The Morgan fingerprint density at radius 1 is 1.00 bits per heavy atom. The van der Waals surface area contributed by atoms with Gasteiger partial charge in [-0.05, 0) is 5.41 Å². The summed E-state index contributed by atoms with van der Waals surface area (Å²) in [6.45, 7) is 16.0. The molecule has 0 heterocycles. The molecule has 0 aromatic carbocycles. The smallest absolute Gasteiger partial charge is 0 e. The van der Waals surface area contributed by atoms with Gasteiger partial charge in [-0.2, -0.15) is 6.42 Å². The standard InChI is InChI=1S/C7H15.C4H10N.Y/c1-5-6-7(2,3)4;1-4(2,3)5;/h1,5-6H2,2-4H3;5H,1-3H3;/q2*-1;. The molecule has 1 radical (unpaired) electrons. The molecule has 0 amide bonds. The van der Waals surface area contributed by atoms with Crippen LogP contribution in [0.15, 0.2) is 0 Å². The van der Waals surface area contributed by atoms with Gasteiger partial charge < -0.3 is 12.7 Å². The minimum Gasteiger partial charge on any atom is -0.673 e. The van der Waals surface area contributed by atoms with Crippen molar-refractivity contribution in [3.05, 3.63) is 12.7 Å². The molecule has 0 spiro atoms. The molecule has 0 unspecified atom stereocenters. The van der Waals surface area contributed by atoms with E-state index < -0.39 is 0 Å². The summed E-state index contributed by atoms with van der Waals surface area (Å²) in [7, 11) is 0. The molecule has 0 aromatic rings. The topological polar surface area (TPSA) is 23.8 Å². The fourth-order valence-electron chi connectivity index (χ4n) is 0.530. The summed E-state index contributed by atoms with van der Waals surface area (Å²) in [5.74, 6) is 0. The predicted molar refractivity (Wildman–Crippen MR) is 58.1 cm³/mol. The average molecular weight is 260 g/mol. The van der Waals surface area contributed by atoms with Gasteiger partial charge in [-0.1, -0.05) is 48.0 Å². The maximum atomic E-state index is 6.94. The van der Waals surface area contributed by atoms with E-state index in [1.807, 2.05) is 20.8 Å². The maximum Gasteiger partial charge on any atom is 0 e. The van der Waals surface area contributed by atoms with Gasteiger partial charge in [-0.25, -0.2) is 0 Å². The van der Waals surface area contributed by atoms with Crippen LogP contribution in [0.3, 0.4) is 0 Å². The van der Waals surface area contributed by atoms with Crippen LogP contribution < -0.4 is 0 Å². The second kappa shape index (κ2) is 8.38. The first kappa shape index (κ1) is 19.6. The van der Waals surface area contributed by atoms with E-state index in [1.54, 1.807) is 0 Å². The summed E-state index contributed by atoms with van der Waals surface area (Å²) in [5, 5.41) is 0. The van der Waals surface area contributed by atoms with E-state index in [4.69, 9.17) is 5.73 Å². The van der Waals surface area contributed by atoms with E-state index >= 15 is 0 Å². The summed E-state index contributed by atoms with van der Waals surface area (Å²) in [5.41, 5.74) is 7.18.